The highest BCUT2D eigenvalue weighted by molar-refractivity contribution is 5.72. The van der Waals surface area contributed by atoms with E-state index in [9.17, 15) is 19.8 Å². The van der Waals surface area contributed by atoms with Gasteiger partial charge in [0.15, 0.2) is 0 Å². The van der Waals surface area contributed by atoms with Crippen molar-refractivity contribution in [3.05, 3.63) is 0 Å². The molecule has 0 saturated heterocycles. The molecule has 0 aromatic rings. The summed E-state index contributed by atoms with van der Waals surface area (Å²) < 4.78 is 0. The SMILES string of the molecule is CCC1CC2CC(C(=O)O)CC(CC)C2C(C(=O)O)C1. The van der Waals surface area contributed by atoms with Crippen molar-refractivity contribution < 1.29 is 19.8 Å². The molecule has 6 atom stereocenters. The standard InChI is InChI=1S/C16H26O4/c1-3-9-5-11-8-12(15(17)18)7-10(4-2)14(11)13(6-9)16(19)20/h9-14H,3-8H2,1-2H3,(H,17,18)(H,19,20). The molecule has 2 saturated carbocycles. The van der Waals surface area contributed by atoms with Crippen molar-refractivity contribution in [2.75, 3.05) is 0 Å². The number of fused-ring (bicyclic) bond motifs is 1. The quantitative estimate of drug-likeness (QED) is 0.830. The van der Waals surface area contributed by atoms with Crippen LogP contribution in [0.1, 0.15) is 52.4 Å². The van der Waals surface area contributed by atoms with Crippen molar-refractivity contribution in [2.24, 2.45) is 35.5 Å². The molecule has 6 unspecified atom stereocenters. The molecule has 0 spiro atoms. The highest BCUT2D eigenvalue weighted by atomic mass is 16.4. The van der Waals surface area contributed by atoms with Gasteiger partial charge in [-0.25, -0.2) is 0 Å². The lowest BCUT2D eigenvalue weighted by Gasteiger charge is -2.48. The van der Waals surface area contributed by atoms with E-state index < -0.39 is 11.9 Å². The molecule has 2 aliphatic carbocycles. The Bertz CT molecular complexity index is 379. The summed E-state index contributed by atoms with van der Waals surface area (Å²) in [5.74, 6) is -0.732. The molecule has 114 valence electrons. The van der Waals surface area contributed by atoms with Gasteiger partial charge in [-0.3, -0.25) is 9.59 Å². The number of carbonyl (C=O) groups is 2. The lowest BCUT2D eigenvalue weighted by molar-refractivity contribution is -0.154. The van der Waals surface area contributed by atoms with Gasteiger partial charge in [0.2, 0.25) is 0 Å². The van der Waals surface area contributed by atoms with E-state index in [-0.39, 0.29) is 29.6 Å². The van der Waals surface area contributed by atoms with Gasteiger partial charge in [-0.15, -0.1) is 0 Å². The number of hydrogen-bond donors (Lipinski definition) is 2. The molecule has 0 aliphatic heterocycles. The molecule has 4 heteroatoms. The van der Waals surface area contributed by atoms with Gasteiger partial charge in [-0.1, -0.05) is 26.7 Å². The molecule has 2 aliphatic rings. The number of rotatable bonds is 4. The van der Waals surface area contributed by atoms with Gasteiger partial charge in [0, 0.05) is 0 Å². The topological polar surface area (TPSA) is 74.6 Å². The summed E-state index contributed by atoms with van der Waals surface area (Å²) in [4.78, 5) is 23.0. The highest BCUT2D eigenvalue weighted by Gasteiger charge is 2.48. The summed E-state index contributed by atoms with van der Waals surface area (Å²) in [6, 6.07) is 0. The zero-order valence-electron chi connectivity index (χ0n) is 12.4. The van der Waals surface area contributed by atoms with Crippen molar-refractivity contribution in [1.29, 1.82) is 0 Å². The third-order valence-electron chi connectivity index (χ3n) is 5.72. The van der Waals surface area contributed by atoms with E-state index in [1.165, 1.54) is 0 Å². The van der Waals surface area contributed by atoms with Crippen LogP contribution in [0, 0.1) is 35.5 Å². The first-order chi connectivity index (χ1) is 9.47. The summed E-state index contributed by atoms with van der Waals surface area (Å²) in [6.45, 7) is 4.18. The first-order valence-electron chi connectivity index (χ1n) is 7.93. The number of carboxylic acids is 2. The summed E-state index contributed by atoms with van der Waals surface area (Å²) in [6.07, 6.45) is 5.03. The number of hydrogen-bond acceptors (Lipinski definition) is 2. The minimum atomic E-state index is -0.701. The number of carboxylic acid groups (broad SMARTS) is 2. The molecule has 0 heterocycles. The Morgan fingerprint density at radius 2 is 1.65 bits per heavy atom. The van der Waals surface area contributed by atoms with Crippen LogP contribution < -0.4 is 0 Å². The molecule has 0 aromatic heterocycles. The Morgan fingerprint density at radius 3 is 2.15 bits per heavy atom. The third kappa shape index (κ3) is 2.84. The van der Waals surface area contributed by atoms with Gasteiger partial charge >= 0.3 is 11.9 Å². The average Bonchev–Trinajstić information content (AvgIpc) is 2.44. The van der Waals surface area contributed by atoms with Gasteiger partial charge in [-0.2, -0.15) is 0 Å². The molecule has 2 fully saturated rings. The zero-order valence-corrected chi connectivity index (χ0v) is 12.4. The summed E-state index contributed by atoms with van der Waals surface area (Å²) in [5, 5.41) is 18.9. The van der Waals surface area contributed by atoms with Gasteiger partial charge in [0.1, 0.15) is 0 Å². The second-order valence-corrected chi connectivity index (χ2v) is 6.70. The zero-order chi connectivity index (χ0) is 14.9. The Balaban J connectivity index is 2.24. The van der Waals surface area contributed by atoms with Crippen molar-refractivity contribution in [3.63, 3.8) is 0 Å². The van der Waals surface area contributed by atoms with E-state index in [1.54, 1.807) is 0 Å². The normalized spacial score (nSPS) is 40.9. The maximum atomic E-state index is 11.6. The van der Waals surface area contributed by atoms with Gasteiger partial charge in [-0.05, 0) is 49.4 Å². The van der Waals surface area contributed by atoms with Crippen LogP contribution in [0.25, 0.3) is 0 Å². The summed E-state index contributed by atoms with van der Waals surface area (Å²) in [7, 11) is 0. The Kier molecular flexibility index (Phi) is 4.71. The van der Waals surface area contributed by atoms with Crippen LogP contribution in [-0.4, -0.2) is 22.2 Å². The predicted molar refractivity (Wildman–Crippen MR) is 75.3 cm³/mol. The molecular weight excluding hydrogens is 256 g/mol. The first kappa shape index (κ1) is 15.3. The van der Waals surface area contributed by atoms with Crippen LogP contribution in [0.15, 0.2) is 0 Å². The van der Waals surface area contributed by atoms with Gasteiger partial charge in [0.25, 0.3) is 0 Å². The van der Waals surface area contributed by atoms with Crippen molar-refractivity contribution in [1.82, 2.24) is 0 Å². The van der Waals surface area contributed by atoms with E-state index in [0.29, 0.717) is 18.8 Å². The van der Waals surface area contributed by atoms with Crippen LogP contribution >= 0.6 is 0 Å². The molecule has 2 N–H and O–H groups in total. The van der Waals surface area contributed by atoms with E-state index in [4.69, 9.17) is 0 Å². The molecular formula is C16H26O4. The second-order valence-electron chi connectivity index (χ2n) is 6.70. The minimum absolute atomic E-state index is 0.191. The monoisotopic (exact) mass is 282 g/mol. The number of aliphatic carboxylic acids is 2. The van der Waals surface area contributed by atoms with Crippen LogP contribution in [0.4, 0.5) is 0 Å². The van der Waals surface area contributed by atoms with Crippen LogP contribution in [0.2, 0.25) is 0 Å². The molecule has 4 nitrogen and oxygen atoms in total. The van der Waals surface area contributed by atoms with E-state index in [1.807, 2.05) is 0 Å². The van der Waals surface area contributed by atoms with Crippen molar-refractivity contribution in [2.45, 2.75) is 52.4 Å². The fourth-order valence-corrected chi connectivity index (χ4v) is 4.72. The lowest BCUT2D eigenvalue weighted by atomic mass is 9.55. The Morgan fingerprint density at radius 1 is 0.950 bits per heavy atom. The predicted octanol–water partition coefficient (Wildman–Crippen LogP) is 3.26. The highest BCUT2D eigenvalue weighted by Crippen LogP contribution is 2.51. The molecule has 0 bridgehead atoms. The van der Waals surface area contributed by atoms with Crippen molar-refractivity contribution >= 4 is 11.9 Å². The van der Waals surface area contributed by atoms with Gasteiger partial charge in [0.05, 0.1) is 11.8 Å². The van der Waals surface area contributed by atoms with E-state index in [0.717, 1.165) is 25.7 Å². The Labute approximate surface area is 120 Å². The van der Waals surface area contributed by atoms with E-state index in [2.05, 4.69) is 13.8 Å². The second kappa shape index (κ2) is 6.15. The summed E-state index contributed by atoms with van der Waals surface area (Å²) in [5.41, 5.74) is 0. The summed E-state index contributed by atoms with van der Waals surface area (Å²) >= 11 is 0. The van der Waals surface area contributed by atoms with Crippen molar-refractivity contribution in [3.8, 4) is 0 Å². The maximum absolute atomic E-state index is 11.6. The maximum Gasteiger partial charge on any atom is 0.306 e. The molecule has 20 heavy (non-hydrogen) atoms. The first-order valence-corrected chi connectivity index (χ1v) is 7.93. The third-order valence-corrected chi connectivity index (χ3v) is 5.72. The van der Waals surface area contributed by atoms with Crippen LogP contribution in [0.5, 0.6) is 0 Å². The van der Waals surface area contributed by atoms with Gasteiger partial charge < -0.3 is 10.2 Å². The smallest absolute Gasteiger partial charge is 0.306 e. The molecule has 0 amide bonds. The molecule has 2 rings (SSSR count). The Hall–Kier alpha value is -1.06. The average molecular weight is 282 g/mol. The fourth-order valence-electron chi connectivity index (χ4n) is 4.72. The fraction of sp³-hybridized carbons (Fsp3) is 0.875. The lowest BCUT2D eigenvalue weighted by Crippen LogP contribution is -2.46. The molecule has 0 radical (unpaired) electrons. The van der Waals surface area contributed by atoms with Crippen LogP contribution in [-0.2, 0) is 9.59 Å². The van der Waals surface area contributed by atoms with E-state index >= 15 is 0 Å². The minimum Gasteiger partial charge on any atom is -0.481 e. The molecule has 0 aromatic carbocycles. The largest absolute Gasteiger partial charge is 0.481 e. The van der Waals surface area contributed by atoms with Crippen LogP contribution in [0.3, 0.4) is 0 Å².